The minimum atomic E-state index is -0.926. The van der Waals surface area contributed by atoms with E-state index in [4.69, 9.17) is 17.3 Å². The van der Waals surface area contributed by atoms with Crippen molar-refractivity contribution >= 4 is 52.6 Å². The molecule has 7 heteroatoms. The molecule has 3 rings (SSSR count). The molecule has 2 aromatic rings. The van der Waals surface area contributed by atoms with Gasteiger partial charge in [-0.25, -0.2) is 0 Å². The van der Waals surface area contributed by atoms with Crippen molar-refractivity contribution in [3.8, 4) is 5.88 Å². The highest BCUT2D eigenvalue weighted by Crippen LogP contribution is 2.38. The number of para-hydroxylation sites is 1. The van der Waals surface area contributed by atoms with Crippen LogP contribution in [0.5, 0.6) is 5.88 Å². The third kappa shape index (κ3) is 2.97. The highest BCUT2D eigenvalue weighted by molar-refractivity contribution is 7.73. The van der Waals surface area contributed by atoms with Gasteiger partial charge in [0.1, 0.15) is 0 Å². The number of allylic oxidation sites excluding steroid dienone is 1. The van der Waals surface area contributed by atoms with Crippen LogP contribution in [0.2, 0.25) is 0 Å². The Morgan fingerprint density at radius 3 is 2.91 bits per heavy atom. The lowest BCUT2D eigenvalue weighted by Crippen LogP contribution is -2.03. The molecule has 0 unspecified atom stereocenters. The summed E-state index contributed by atoms with van der Waals surface area (Å²) in [5, 5.41) is 19.1. The number of carboxylic acids is 1. The Kier molecular flexibility index (Phi) is 4.14. The highest BCUT2D eigenvalue weighted by atomic mass is 32.1. The van der Waals surface area contributed by atoms with Crippen LogP contribution in [0.1, 0.15) is 23.8 Å². The fourth-order valence-corrected chi connectivity index (χ4v) is 3.76. The number of benzene rings is 1. The average Bonchev–Trinajstić information content (AvgIpc) is 2.95. The first-order chi connectivity index (χ1) is 11.0. The Bertz CT molecular complexity index is 906. The van der Waals surface area contributed by atoms with E-state index in [1.165, 1.54) is 15.9 Å². The summed E-state index contributed by atoms with van der Waals surface area (Å²) in [5.74, 6) is -0.920. The molecule has 1 aliphatic rings. The maximum atomic E-state index is 10.7. The lowest BCUT2D eigenvalue weighted by Gasteiger charge is -2.03. The van der Waals surface area contributed by atoms with Gasteiger partial charge < -0.3 is 10.2 Å². The smallest absolute Gasteiger partial charge is 0.305 e. The second-order valence-corrected chi connectivity index (χ2v) is 6.80. The Labute approximate surface area is 141 Å². The second kappa shape index (κ2) is 6.10. The van der Waals surface area contributed by atoms with E-state index >= 15 is 0 Å². The number of carbonyl (C=O) groups is 1. The van der Waals surface area contributed by atoms with Crippen molar-refractivity contribution in [2.24, 2.45) is 4.99 Å². The Hall–Kier alpha value is -2.25. The number of fused-ring (bicyclic) bond motifs is 1. The summed E-state index contributed by atoms with van der Waals surface area (Å²) in [7, 11) is 0. The summed E-state index contributed by atoms with van der Waals surface area (Å²) < 4.78 is 1.91. The monoisotopic (exact) mass is 346 g/mol. The summed E-state index contributed by atoms with van der Waals surface area (Å²) in [6.07, 6.45) is 1.77. The molecule has 2 N–H and O–H groups in total. The summed E-state index contributed by atoms with van der Waals surface area (Å²) in [6, 6.07) is 7.81. The van der Waals surface area contributed by atoms with Gasteiger partial charge >= 0.3 is 5.97 Å². The average molecular weight is 346 g/mol. The summed E-state index contributed by atoms with van der Waals surface area (Å²) in [6.45, 7) is 2.08. The van der Waals surface area contributed by atoms with E-state index in [-0.39, 0.29) is 18.8 Å². The predicted molar refractivity (Wildman–Crippen MR) is 94.1 cm³/mol. The quantitative estimate of drug-likeness (QED) is 0.817. The van der Waals surface area contributed by atoms with Gasteiger partial charge in [-0.05, 0) is 31.3 Å². The molecule has 118 valence electrons. The van der Waals surface area contributed by atoms with Crippen LogP contribution in [-0.2, 0) is 11.3 Å². The molecule has 5 nitrogen and oxygen atoms in total. The zero-order valence-corrected chi connectivity index (χ0v) is 13.9. The van der Waals surface area contributed by atoms with E-state index in [0.717, 1.165) is 22.5 Å². The summed E-state index contributed by atoms with van der Waals surface area (Å²) in [4.78, 5) is 15.8. The lowest BCUT2D eigenvalue weighted by molar-refractivity contribution is -0.137. The van der Waals surface area contributed by atoms with Gasteiger partial charge in [0.05, 0.1) is 17.0 Å². The van der Waals surface area contributed by atoms with E-state index in [9.17, 15) is 9.90 Å². The largest absolute Gasteiger partial charge is 0.493 e. The van der Waals surface area contributed by atoms with Crippen LogP contribution < -0.4 is 0 Å². The van der Waals surface area contributed by atoms with Gasteiger partial charge in [-0.3, -0.25) is 14.4 Å². The molecule has 0 bridgehead atoms. The number of aliphatic carboxylic acids is 1. The fraction of sp³-hybridized carbons (Fsp3) is 0.188. The number of aliphatic imine (C=N–C) groups is 1. The van der Waals surface area contributed by atoms with Crippen molar-refractivity contribution in [3.63, 3.8) is 0 Å². The van der Waals surface area contributed by atoms with E-state index in [2.05, 4.69) is 4.99 Å². The molecule has 0 fully saturated rings. The van der Waals surface area contributed by atoms with E-state index < -0.39 is 5.97 Å². The third-order valence-electron chi connectivity index (χ3n) is 3.59. The molecule has 1 aromatic carbocycles. The van der Waals surface area contributed by atoms with Crippen LogP contribution >= 0.6 is 23.6 Å². The van der Waals surface area contributed by atoms with Crippen molar-refractivity contribution in [1.82, 2.24) is 4.57 Å². The number of hydrogen-bond donors (Lipinski definition) is 2. The number of aromatic nitrogens is 1. The number of carboxylic acid groups (broad SMARTS) is 1. The molecule has 2 heterocycles. The minimum Gasteiger partial charge on any atom is -0.493 e. The van der Waals surface area contributed by atoms with Gasteiger partial charge in [0.15, 0.2) is 3.95 Å². The predicted octanol–water partition coefficient (Wildman–Crippen LogP) is 4.11. The number of aromatic hydroxyl groups is 1. The van der Waals surface area contributed by atoms with E-state index in [0.29, 0.717) is 8.83 Å². The van der Waals surface area contributed by atoms with Crippen LogP contribution in [0.25, 0.3) is 11.6 Å². The van der Waals surface area contributed by atoms with Gasteiger partial charge in [-0.2, -0.15) is 0 Å². The molecule has 23 heavy (non-hydrogen) atoms. The van der Waals surface area contributed by atoms with Crippen molar-refractivity contribution < 1.29 is 15.0 Å². The number of nitrogens with zero attached hydrogens (tertiary/aromatic N) is 2. The lowest BCUT2D eigenvalue weighted by atomic mass is 10.0. The standard InChI is InChI=1S/C16H14N2O3S2/c1-9-11(10-4-2-3-5-12(10)17-9)8-13-15(21)18(16(22)23-13)7-6-14(19)20/h2-5,8,21H,6-7H2,1H3,(H,19,20). The van der Waals surface area contributed by atoms with Crippen molar-refractivity contribution in [2.45, 2.75) is 19.9 Å². The van der Waals surface area contributed by atoms with Gasteiger partial charge in [-0.1, -0.05) is 18.2 Å². The minimum absolute atomic E-state index is 0.00549. The molecule has 0 atom stereocenters. The molecule has 0 radical (unpaired) electrons. The van der Waals surface area contributed by atoms with Crippen LogP contribution in [0.3, 0.4) is 0 Å². The highest BCUT2D eigenvalue weighted by Gasteiger charge is 2.19. The number of rotatable bonds is 4. The molecule has 0 saturated carbocycles. The maximum absolute atomic E-state index is 10.7. The number of hydrogen-bond acceptors (Lipinski definition) is 5. The van der Waals surface area contributed by atoms with Gasteiger partial charge in [0.25, 0.3) is 0 Å². The Morgan fingerprint density at radius 1 is 1.43 bits per heavy atom. The van der Waals surface area contributed by atoms with Crippen LogP contribution in [0.15, 0.2) is 29.3 Å². The molecular weight excluding hydrogens is 332 g/mol. The van der Waals surface area contributed by atoms with E-state index in [1.54, 1.807) is 0 Å². The molecule has 1 aliphatic heterocycles. The first-order valence-corrected chi connectivity index (χ1v) is 8.21. The number of thiazole rings is 1. The Morgan fingerprint density at radius 2 is 2.17 bits per heavy atom. The second-order valence-electron chi connectivity index (χ2n) is 5.12. The first-order valence-electron chi connectivity index (χ1n) is 6.98. The normalized spacial score (nSPS) is 14.8. The van der Waals surface area contributed by atoms with Gasteiger partial charge in [0, 0.05) is 23.4 Å². The molecule has 0 saturated heterocycles. The fourth-order valence-electron chi connectivity index (χ4n) is 2.46. The third-order valence-corrected chi connectivity index (χ3v) is 4.98. The molecule has 0 aliphatic carbocycles. The van der Waals surface area contributed by atoms with Crippen LogP contribution in [-0.4, -0.2) is 26.5 Å². The zero-order chi connectivity index (χ0) is 16.6. The molecule has 1 aromatic heterocycles. The van der Waals surface area contributed by atoms with Crippen molar-refractivity contribution in [1.29, 1.82) is 0 Å². The van der Waals surface area contributed by atoms with Crippen LogP contribution in [0, 0.1) is 3.95 Å². The SMILES string of the molecule is CC1=Nc2ccccc2C1=Cc1sc(=S)n(CCC(=O)O)c1O. The molecule has 0 spiro atoms. The molecule has 0 amide bonds. The van der Waals surface area contributed by atoms with Gasteiger partial charge in [-0.15, -0.1) is 11.3 Å². The Balaban J connectivity index is 2.01. The summed E-state index contributed by atoms with van der Waals surface area (Å²) in [5.41, 5.74) is 3.74. The van der Waals surface area contributed by atoms with Crippen LogP contribution in [0.4, 0.5) is 5.69 Å². The van der Waals surface area contributed by atoms with Crippen molar-refractivity contribution in [2.75, 3.05) is 0 Å². The van der Waals surface area contributed by atoms with E-state index in [1.807, 2.05) is 37.3 Å². The zero-order valence-electron chi connectivity index (χ0n) is 12.3. The molecular formula is C16H14N2O3S2. The van der Waals surface area contributed by atoms with Crippen molar-refractivity contribution in [3.05, 3.63) is 38.7 Å². The summed E-state index contributed by atoms with van der Waals surface area (Å²) >= 11 is 6.49. The first kappa shape index (κ1) is 15.6. The maximum Gasteiger partial charge on any atom is 0.305 e. The topological polar surface area (TPSA) is 74.8 Å². The van der Waals surface area contributed by atoms with Gasteiger partial charge in [0.2, 0.25) is 5.88 Å².